The zero-order valence-corrected chi connectivity index (χ0v) is 15.3. The minimum absolute atomic E-state index is 0.00827. The van der Waals surface area contributed by atoms with E-state index < -0.39 is 0 Å². The normalized spacial score (nSPS) is 13.0. The predicted octanol–water partition coefficient (Wildman–Crippen LogP) is 3.72. The molecule has 0 aromatic heterocycles. The molecule has 2 unspecified atom stereocenters. The summed E-state index contributed by atoms with van der Waals surface area (Å²) in [4.78, 5) is 26.4. The number of amides is 2. The van der Waals surface area contributed by atoms with Gasteiger partial charge >= 0.3 is 0 Å². The van der Waals surface area contributed by atoms with E-state index in [0.717, 1.165) is 5.56 Å². The van der Waals surface area contributed by atoms with Gasteiger partial charge in [0.15, 0.2) is 0 Å². The first-order chi connectivity index (χ1) is 11.9. The largest absolute Gasteiger partial charge is 0.349 e. The number of carbonyl (C=O) groups is 2. The molecule has 0 bridgehead atoms. The second kappa shape index (κ2) is 8.47. The molecule has 0 spiro atoms. The van der Waals surface area contributed by atoms with Crippen LogP contribution in [0, 0.1) is 6.92 Å². The molecule has 0 heterocycles. The minimum Gasteiger partial charge on any atom is -0.349 e. The van der Waals surface area contributed by atoms with Crippen molar-refractivity contribution in [3.05, 3.63) is 71.3 Å². The lowest BCUT2D eigenvalue weighted by molar-refractivity contribution is -0.132. The van der Waals surface area contributed by atoms with E-state index in [0.29, 0.717) is 5.56 Å². The first kappa shape index (κ1) is 18.7. The SMILES string of the molecule is Cc1ccc(C(C)N(C)C(=O)CC(C)NC(=O)c2ccccc2)cc1. The van der Waals surface area contributed by atoms with Gasteiger partial charge in [-0.1, -0.05) is 48.0 Å². The van der Waals surface area contributed by atoms with Crippen LogP contribution in [0.3, 0.4) is 0 Å². The molecule has 2 rings (SSSR count). The summed E-state index contributed by atoms with van der Waals surface area (Å²) < 4.78 is 0. The van der Waals surface area contributed by atoms with Crippen LogP contribution in [-0.4, -0.2) is 29.8 Å². The number of hydrogen-bond donors (Lipinski definition) is 1. The Kier molecular flexibility index (Phi) is 6.34. The quantitative estimate of drug-likeness (QED) is 0.872. The molecule has 0 radical (unpaired) electrons. The molecule has 2 atom stereocenters. The van der Waals surface area contributed by atoms with E-state index >= 15 is 0 Å². The molecule has 4 nitrogen and oxygen atoms in total. The number of carbonyl (C=O) groups excluding carboxylic acids is 2. The Morgan fingerprint density at radius 2 is 1.60 bits per heavy atom. The number of rotatable bonds is 6. The zero-order chi connectivity index (χ0) is 18.4. The van der Waals surface area contributed by atoms with Crippen LogP contribution < -0.4 is 5.32 Å². The van der Waals surface area contributed by atoms with Gasteiger partial charge in [0.2, 0.25) is 5.91 Å². The highest BCUT2D eigenvalue weighted by Gasteiger charge is 2.20. The molecule has 0 saturated carbocycles. The Morgan fingerprint density at radius 1 is 1.00 bits per heavy atom. The molecule has 2 aromatic carbocycles. The fourth-order valence-electron chi connectivity index (χ4n) is 2.64. The second-order valence-electron chi connectivity index (χ2n) is 6.54. The van der Waals surface area contributed by atoms with Crippen molar-refractivity contribution < 1.29 is 9.59 Å². The van der Waals surface area contributed by atoms with Gasteiger partial charge in [0, 0.05) is 25.1 Å². The maximum atomic E-state index is 12.5. The smallest absolute Gasteiger partial charge is 0.251 e. The maximum absolute atomic E-state index is 12.5. The van der Waals surface area contributed by atoms with Crippen molar-refractivity contribution in [2.75, 3.05) is 7.05 Å². The van der Waals surface area contributed by atoms with Gasteiger partial charge in [-0.15, -0.1) is 0 Å². The Bertz CT molecular complexity index is 710. The van der Waals surface area contributed by atoms with E-state index in [1.54, 1.807) is 24.1 Å². The van der Waals surface area contributed by atoms with Crippen LogP contribution in [0.25, 0.3) is 0 Å². The molecule has 0 aliphatic carbocycles. The average molecular weight is 338 g/mol. The second-order valence-corrected chi connectivity index (χ2v) is 6.54. The first-order valence-corrected chi connectivity index (χ1v) is 8.56. The Morgan fingerprint density at radius 3 is 2.20 bits per heavy atom. The average Bonchev–Trinajstić information content (AvgIpc) is 2.61. The van der Waals surface area contributed by atoms with E-state index in [4.69, 9.17) is 0 Å². The topological polar surface area (TPSA) is 49.4 Å². The van der Waals surface area contributed by atoms with Crippen LogP contribution >= 0.6 is 0 Å². The van der Waals surface area contributed by atoms with Crippen LogP contribution in [-0.2, 0) is 4.79 Å². The third-order valence-electron chi connectivity index (χ3n) is 4.43. The van der Waals surface area contributed by atoms with Gasteiger partial charge in [-0.05, 0) is 38.5 Å². The molecule has 0 aliphatic heterocycles. The molecule has 132 valence electrons. The van der Waals surface area contributed by atoms with Crippen molar-refractivity contribution in [3.63, 3.8) is 0 Å². The summed E-state index contributed by atoms with van der Waals surface area (Å²) in [6.45, 7) is 5.90. The van der Waals surface area contributed by atoms with Crippen molar-refractivity contribution >= 4 is 11.8 Å². The maximum Gasteiger partial charge on any atom is 0.251 e. The standard InChI is InChI=1S/C21H26N2O2/c1-15-10-12-18(13-11-15)17(3)23(4)20(24)14-16(2)22-21(25)19-8-6-5-7-9-19/h5-13,16-17H,14H2,1-4H3,(H,22,25). The molecule has 1 N–H and O–H groups in total. The van der Waals surface area contributed by atoms with Gasteiger partial charge in [-0.3, -0.25) is 9.59 Å². The van der Waals surface area contributed by atoms with Gasteiger partial charge in [0.25, 0.3) is 5.91 Å². The van der Waals surface area contributed by atoms with E-state index in [1.165, 1.54) is 5.56 Å². The van der Waals surface area contributed by atoms with E-state index in [9.17, 15) is 9.59 Å². The predicted molar refractivity (Wildman–Crippen MR) is 100 cm³/mol. The molecule has 25 heavy (non-hydrogen) atoms. The highest BCUT2D eigenvalue weighted by Crippen LogP contribution is 2.20. The van der Waals surface area contributed by atoms with Crippen LogP contribution in [0.1, 0.15) is 47.8 Å². The molecule has 0 fully saturated rings. The lowest BCUT2D eigenvalue weighted by atomic mass is 10.0. The third kappa shape index (κ3) is 5.18. The lowest BCUT2D eigenvalue weighted by Gasteiger charge is -2.27. The summed E-state index contributed by atoms with van der Waals surface area (Å²) in [6.07, 6.45) is 0.269. The van der Waals surface area contributed by atoms with Gasteiger partial charge in [-0.25, -0.2) is 0 Å². The first-order valence-electron chi connectivity index (χ1n) is 8.56. The summed E-state index contributed by atoms with van der Waals surface area (Å²) in [7, 11) is 1.80. The summed E-state index contributed by atoms with van der Waals surface area (Å²) >= 11 is 0. The van der Waals surface area contributed by atoms with Crippen LogP contribution in [0.5, 0.6) is 0 Å². The minimum atomic E-state index is -0.229. The van der Waals surface area contributed by atoms with E-state index in [2.05, 4.69) is 5.32 Å². The molecule has 0 saturated heterocycles. The summed E-state index contributed by atoms with van der Waals surface area (Å²) in [5.74, 6) is -0.149. The monoisotopic (exact) mass is 338 g/mol. The molecule has 2 aromatic rings. The number of nitrogens with one attached hydrogen (secondary N) is 1. The fourth-order valence-corrected chi connectivity index (χ4v) is 2.64. The van der Waals surface area contributed by atoms with Crippen molar-refractivity contribution in [1.29, 1.82) is 0 Å². The molecular weight excluding hydrogens is 312 g/mol. The molecule has 2 amide bonds. The summed E-state index contributed by atoms with van der Waals surface area (Å²) in [6, 6.07) is 17.0. The highest BCUT2D eigenvalue weighted by molar-refractivity contribution is 5.94. The van der Waals surface area contributed by atoms with Crippen molar-refractivity contribution in [3.8, 4) is 0 Å². The Labute approximate surface area is 149 Å². The van der Waals surface area contributed by atoms with Crippen molar-refractivity contribution in [2.45, 2.75) is 39.3 Å². The molecular formula is C21H26N2O2. The zero-order valence-electron chi connectivity index (χ0n) is 15.3. The van der Waals surface area contributed by atoms with Gasteiger partial charge in [0.1, 0.15) is 0 Å². The van der Waals surface area contributed by atoms with Crippen LogP contribution in [0.15, 0.2) is 54.6 Å². The van der Waals surface area contributed by atoms with Gasteiger partial charge in [0.05, 0.1) is 6.04 Å². The molecule has 4 heteroatoms. The van der Waals surface area contributed by atoms with Crippen molar-refractivity contribution in [2.24, 2.45) is 0 Å². The Balaban J connectivity index is 1.91. The summed E-state index contributed by atoms with van der Waals surface area (Å²) in [5.41, 5.74) is 2.90. The fraction of sp³-hybridized carbons (Fsp3) is 0.333. The third-order valence-corrected chi connectivity index (χ3v) is 4.43. The number of hydrogen-bond acceptors (Lipinski definition) is 2. The Hall–Kier alpha value is -2.62. The molecule has 0 aliphatic rings. The van der Waals surface area contributed by atoms with Gasteiger partial charge < -0.3 is 10.2 Å². The lowest BCUT2D eigenvalue weighted by Crippen LogP contribution is -2.38. The van der Waals surface area contributed by atoms with E-state index in [-0.39, 0.29) is 30.3 Å². The van der Waals surface area contributed by atoms with Crippen molar-refractivity contribution in [1.82, 2.24) is 10.2 Å². The number of nitrogens with zero attached hydrogens (tertiary/aromatic N) is 1. The van der Waals surface area contributed by atoms with E-state index in [1.807, 2.05) is 63.2 Å². The van der Waals surface area contributed by atoms with Crippen LogP contribution in [0.4, 0.5) is 0 Å². The van der Waals surface area contributed by atoms with Gasteiger partial charge in [-0.2, -0.15) is 0 Å². The highest BCUT2D eigenvalue weighted by atomic mass is 16.2. The number of benzene rings is 2. The summed E-state index contributed by atoms with van der Waals surface area (Å²) in [5, 5.41) is 2.88. The number of aryl methyl sites for hydroxylation is 1. The van der Waals surface area contributed by atoms with Crippen LogP contribution in [0.2, 0.25) is 0 Å².